The monoisotopic (exact) mass is 331 g/mol. The molecule has 1 aromatic rings. The summed E-state index contributed by atoms with van der Waals surface area (Å²) in [5.41, 5.74) is 0.899. The molecule has 5 heteroatoms. The highest BCUT2D eigenvalue weighted by Crippen LogP contribution is 2.42. The molecule has 4 nitrogen and oxygen atoms in total. The summed E-state index contributed by atoms with van der Waals surface area (Å²) in [7, 11) is 0. The van der Waals surface area contributed by atoms with Gasteiger partial charge in [-0.2, -0.15) is 11.8 Å². The molecule has 3 aliphatic rings. The van der Waals surface area contributed by atoms with E-state index < -0.39 is 0 Å². The van der Waals surface area contributed by atoms with Gasteiger partial charge in [0, 0.05) is 25.3 Å². The smallest absolute Gasteiger partial charge is 0.230 e. The van der Waals surface area contributed by atoms with Crippen molar-refractivity contribution >= 4 is 17.7 Å². The fourth-order valence-corrected chi connectivity index (χ4v) is 5.46. The Morgan fingerprint density at radius 1 is 1.22 bits per heavy atom. The van der Waals surface area contributed by atoms with E-state index in [0.717, 1.165) is 38.2 Å². The molecule has 3 aliphatic heterocycles. The number of pyridine rings is 1. The summed E-state index contributed by atoms with van der Waals surface area (Å²) >= 11 is 2.07. The number of thioether (sulfide) groups is 1. The molecule has 3 saturated heterocycles. The molecule has 0 radical (unpaired) electrons. The van der Waals surface area contributed by atoms with Crippen LogP contribution in [0.1, 0.15) is 31.4 Å². The zero-order chi connectivity index (χ0) is 15.7. The Bertz CT molecular complexity index is 561. The van der Waals surface area contributed by atoms with Gasteiger partial charge < -0.3 is 4.90 Å². The molecule has 1 atom stereocenters. The van der Waals surface area contributed by atoms with Gasteiger partial charge in [0.1, 0.15) is 0 Å². The second-order valence-corrected chi connectivity index (χ2v) is 8.37. The number of hydrogen-bond donors (Lipinski definition) is 0. The van der Waals surface area contributed by atoms with Crippen LogP contribution in [0.15, 0.2) is 24.4 Å². The van der Waals surface area contributed by atoms with Crippen LogP contribution in [0.4, 0.5) is 0 Å². The molecule has 1 aromatic heterocycles. The topological polar surface area (TPSA) is 36.4 Å². The minimum Gasteiger partial charge on any atom is -0.336 e. The van der Waals surface area contributed by atoms with Gasteiger partial charge in [0.25, 0.3) is 0 Å². The minimum absolute atomic E-state index is 0.0978. The predicted molar refractivity (Wildman–Crippen MR) is 93.2 cm³/mol. The largest absolute Gasteiger partial charge is 0.336 e. The summed E-state index contributed by atoms with van der Waals surface area (Å²) in [4.78, 5) is 22.0. The van der Waals surface area contributed by atoms with E-state index in [4.69, 9.17) is 0 Å². The maximum atomic E-state index is 13.0. The van der Waals surface area contributed by atoms with Crippen molar-refractivity contribution in [3.63, 3.8) is 0 Å². The lowest BCUT2D eigenvalue weighted by Gasteiger charge is -2.32. The lowest BCUT2D eigenvalue weighted by molar-refractivity contribution is -0.136. The zero-order valence-electron chi connectivity index (χ0n) is 13.6. The van der Waals surface area contributed by atoms with Gasteiger partial charge in [-0.25, -0.2) is 0 Å². The maximum absolute atomic E-state index is 13.0. The molecule has 0 N–H and O–H groups in total. The quantitative estimate of drug-likeness (QED) is 0.852. The van der Waals surface area contributed by atoms with Crippen LogP contribution in [0, 0.1) is 5.41 Å². The molecule has 4 rings (SSSR count). The van der Waals surface area contributed by atoms with Crippen molar-refractivity contribution in [2.24, 2.45) is 5.41 Å². The number of carbonyl (C=O) groups excluding carboxylic acids is 1. The van der Waals surface area contributed by atoms with E-state index in [-0.39, 0.29) is 5.41 Å². The molecule has 0 bridgehead atoms. The minimum atomic E-state index is -0.0978. The number of hydrogen-bond acceptors (Lipinski definition) is 4. The predicted octanol–water partition coefficient (Wildman–Crippen LogP) is 2.40. The molecule has 0 saturated carbocycles. The van der Waals surface area contributed by atoms with E-state index in [0.29, 0.717) is 18.5 Å². The molecular formula is C18H25N3OS. The van der Waals surface area contributed by atoms with Crippen LogP contribution in [-0.2, 0) is 11.3 Å². The molecule has 3 fully saturated rings. The summed E-state index contributed by atoms with van der Waals surface area (Å²) in [6.45, 7) is 3.66. The Kier molecular flexibility index (Phi) is 4.33. The van der Waals surface area contributed by atoms with Crippen molar-refractivity contribution in [3.8, 4) is 0 Å². The number of rotatable bonds is 3. The Morgan fingerprint density at radius 2 is 2.04 bits per heavy atom. The Hall–Kier alpha value is -1.07. The highest BCUT2D eigenvalue weighted by atomic mass is 32.2. The molecule has 0 aliphatic carbocycles. The third-order valence-corrected chi connectivity index (χ3v) is 6.82. The van der Waals surface area contributed by atoms with Gasteiger partial charge in [-0.05, 0) is 55.9 Å². The number of aromatic nitrogens is 1. The van der Waals surface area contributed by atoms with Gasteiger partial charge in [0.15, 0.2) is 0 Å². The third-order valence-electron chi connectivity index (χ3n) is 5.77. The van der Waals surface area contributed by atoms with Crippen molar-refractivity contribution in [1.29, 1.82) is 0 Å². The Balaban J connectivity index is 1.41. The summed E-state index contributed by atoms with van der Waals surface area (Å²) in [5, 5.41) is 0. The Labute approximate surface area is 142 Å². The second-order valence-electron chi connectivity index (χ2n) is 7.14. The van der Waals surface area contributed by atoms with E-state index >= 15 is 0 Å². The first-order chi connectivity index (χ1) is 11.3. The van der Waals surface area contributed by atoms with Crippen LogP contribution in [-0.4, -0.2) is 57.9 Å². The summed E-state index contributed by atoms with van der Waals surface area (Å²) in [5.74, 6) is 2.94. The molecule has 1 amide bonds. The van der Waals surface area contributed by atoms with Gasteiger partial charge in [0.2, 0.25) is 5.91 Å². The normalized spacial score (nSPS) is 29.7. The van der Waals surface area contributed by atoms with Crippen LogP contribution in [0.5, 0.6) is 0 Å². The standard InChI is InChI=1S/C18H25N3OS/c22-17-18(6-9-20(17)13-15-3-1-2-8-19-15)7-10-21(14-18)16-4-11-23-12-5-16/h1-3,8,16H,4-7,9-14H2. The number of nitrogens with zero attached hydrogens (tertiary/aromatic N) is 3. The second kappa shape index (κ2) is 6.44. The van der Waals surface area contributed by atoms with Crippen LogP contribution in [0.2, 0.25) is 0 Å². The van der Waals surface area contributed by atoms with E-state index in [1.165, 1.54) is 24.3 Å². The van der Waals surface area contributed by atoms with E-state index in [9.17, 15) is 4.79 Å². The lowest BCUT2D eigenvalue weighted by Crippen LogP contribution is -2.40. The summed E-state index contributed by atoms with van der Waals surface area (Å²) in [6, 6.07) is 6.65. The van der Waals surface area contributed by atoms with E-state index in [1.807, 2.05) is 29.3 Å². The van der Waals surface area contributed by atoms with Gasteiger partial charge in [0.05, 0.1) is 17.7 Å². The average Bonchev–Trinajstić information content (AvgIpc) is 3.17. The number of carbonyl (C=O) groups is 1. The van der Waals surface area contributed by atoms with Gasteiger partial charge in [-0.3, -0.25) is 14.7 Å². The molecule has 0 aromatic carbocycles. The van der Waals surface area contributed by atoms with E-state index in [1.54, 1.807) is 0 Å². The van der Waals surface area contributed by atoms with Gasteiger partial charge >= 0.3 is 0 Å². The van der Waals surface area contributed by atoms with Crippen LogP contribution >= 0.6 is 11.8 Å². The van der Waals surface area contributed by atoms with Crippen molar-refractivity contribution < 1.29 is 4.79 Å². The summed E-state index contributed by atoms with van der Waals surface area (Å²) in [6.07, 6.45) is 6.48. The van der Waals surface area contributed by atoms with Crippen LogP contribution in [0.25, 0.3) is 0 Å². The van der Waals surface area contributed by atoms with Crippen molar-refractivity contribution in [3.05, 3.63) is 30.1 Å². The van der Waals surface area contributed by atoms with Crippen LogP contribution < -0.4 is 0 Å². The highest BCUT2D eigenvalue weighted by molar-refractivity contribution is 7.99. The first-order valence-electron chi connectivity index (χ1n) is 8.78. The first-order valence-corrected chi connectivity index (χ1v) is 9.93. The van der Waals surface area contributed by atoms with Gasteiger partial charge in [-0.15, -0.1) is 0 Å². The SMILES string of the molecule is O=C1N(Cc2ccccn2)CCC12CCN(C1CCSCC1)C2. The van der Waals surface area contributed by atoms with Crippen molar-refractivity contribution in [1.82, 2.24) is 14.8 Å². The fourth-order valence-electron chi connectivity index (χ4n) is 4.38. The zero-order valence-corrected chi connectivity index (χ0v) is 14.4. The fraction of sp³-hybridized carbons (Fsp3) is 0.667. The Morgan fingerprint density at radius 3 is 2.83 bits per heavy atom. The van der Waals surface area contributed by atoms with E-state index in [2.05, 4.69) is 21.6 Å². The third kappa shape index (κ3) is 3.01. The maximum Gasteiger partial charge on any atom is 0.230 e. The molecular weight excluding hydrogens is 306 g/mol. The van der Waals surface area contributed by atoms with Crippen molar-refractivity contribution in [2.45, 2.75) is 38.3 Å². The van der Waals surface area contributed by atoms with Gasteiger partial charge in [-0.1, -0.05) is 6.07 Å². The molecule has 1 unspecified atom stereocenters. The van der Waals surface area contributed by atoms with Crippen LogP contribution in [0.3, 0.4) is 0 Å². The first kappa shape index (κ1) is 15.5. The summed E-state index contributed by atoms with van der Waals surface area (Å²) < 4.78 is 0. The number of amides is 1. The molecule has 1 spiro atoms. The number of likely N-dealkylation sites (tertiary alicyclic amines) is 2. The van der Waals surface area contributed by atoms with Crippen molar-refractivity contribution in [2.75, 3.05) is 31.1 Å². The lowest BCUT2D eigenvalue weighted by atomic mass is 9.85. The molecule has 4 heterocycles. The average molecular weight is 331 g/mol. The molecule has 23 heavy (non-hydrogen) atoms. The highest BCUT2D eigenvalue weighted by Gasteiger charge is 2.51. The molecule has 124 valence electrons.